The van der Waals surface area contributed by atoms with Gasteiger partial charge < -0.3 is 15.2 Å². The molecule has 0 amide bonds. The van der Waals surface area contributed by atoms with Crippen LogP contribution < -0.4 is 10.9 Å². The Balaban J connectivity index is 1.79. The summed E-state index contributed by atoms with van der Waals surface area (Å²) >= 11 is 0. The number of aromatic nitrogens is 2. The van der Waals surface area contributed by atoms with Crippen LogP contribution in [0.15, 0.2) is 58.7 Å². The van der Waals surface area contributed by atoms with Gasteiger partial charge in [0.1, 0.15) is 29.1 Å². The molecule has 0 bridgehead atoms. The minimum atomic E-state index is -1.01. The van der Waals surface area contributed by atoms with Gasteiger partial charge in [-0.25, -0.2) is 9.78 Å². The van der Waals surface area contributed by atoms with E-state index in [9.17, 15) is 14.7 Å². The molecule has 1 atom stereocenters. The normalized spacial score (nSPS) is 16.6. The molecule has 30 heavy (non-hydrogen) atoms. The van der Waals surface area contributed by atoms with Crippen LogP contribution in [0.5, 0.6) is 0 Å². The largest absolute Gasteiger partial charge is 0.480 e. The highest BCUT2D eigenvalue weighted by molar-refractivity contribution is 5.72. The maximum absolute atomic E-state index is 12.8. The number of carbonyl (C=O) groups is 1. The van der Waals surface area contributed by atoms with Crippen LogP contribution in [0.25, 0.3) is 5.76 Å². The summed E-state index contributed by atoms with van der Waals surface area (Å²) in [4.78, 5) is 28.5. The second-order valence-electron chi connectivity index (χ2n) is 7.20. The Bertz CT molecular complexity index is 1040. The molecule has 1 aliphatic rings. The lowest BCUT2D eigenvalue weighted by atomic mass is 10.1. The topological polar surface area (TPSA) is 93.5 Å². The number of hydrogen-bond donors (Lipinski definition) is 2. The molecule has 7 nitrogen and oxygen atoms in total. The highest BCUT2D eigenvalue weighted by atomic mass is 16.5. The number of ether oxygens (including phenoxy) is 1. The molecule has 0 radical (unpaired) electrons. The standard InChI is InChI=1S/C23H27N3O4/c1-4-15(3)21(16-9-7-6-8-10-16)30-17(5-2)13-24-18-14-25-20-12-11-19(23(28)29)26(20)22(18)27/h5-10,14,19,24H,4,11-13H2,1-3H3,(H,28,29)/b17-5-,21-15?. The van der Waals surface area contributed by atoms with Crippen LogP contribution >= 0.6 is 0 Å². The van der Waals surface area contributed by atoms with E-state index < -0.39 is 12.0 Å². The van der Waals surface area contributed by atoms with E-state index in [4.69, 9.17) is 4.74 Å². The minimum Gasteiger partial charge on any atom is -0.480 e. The fourth-order valence-electron chi connectivity index (χ4n) is 3.41. The van der Waals surface area contributed by atoms with Gasteiger partial charge in [-0.3, -0.25) is 9.36 Å². The first-order chi connectivity index (χ1) is 14.5. The van der Waals surface area contributed by atoms with E-state index in [-0.39, 0.29) is 17.8 Å². The fraction of sp³-hybridized carbons (Fsp3) is 0.348. The van der Waals surface area contributed by atoms with E-state index in [2.05, 4.69) is 17.2 Å². The molecule has 2 N–H and O–H groups in total. The molecule has 1 aromatic heterocycles. The van der Waals surface area contributed by atoms with Crippen molar-refractivity contribution in [2.75, 3.05) is 11.9 Å². The molecule has 0 spiro atoms. The fourth-order valence-corrected chi connectivity index (χ4v) is 3.41. The number of anilines is 1. The molecule has 1 aliphatic heterocycles. The van der Waals surface area contributed by atoms with Crippen molar-refractivity contribution in [1.82, 2.24) is 9.55 Å². The van der Waals surface area contributed by atoms with Crippen LogP contribution in [-0.4, -0.2) is 27.2 Å². The number of benzene rings is 1. The molecule has 158 valence electrons. The zero-order valence-corrected chi connectivity index (χ0v) is 17.5. The number of aliphatic carboxylic acids is 1. The molecule has 0 saturated carbocycles. The predicted molar refractivity (Wildman–Crippen MR) is 116 cm³/mol. The molecule has 2 heterocycles. The van der Waals surface area contributed by atoms with Crippen molar-refractivity contribution in [1.29, 1.82) is 0 Å². The first kappa shape index (κ1) is 21.4. The van der Waals surface area contributed by atoms with Gasteiger partial charge in [0.25, 0.3) is 5.56 Å². The smallest absolute Gasteiger partial charge is 0.326 e. The van der Waals surface area contributed by atoms with Gasteiger partial charge in [-0.1, -0.05) is 37.3 Å². The van der Waals surface area contributed by atoms with E-state index in [1.165, 1.54) is 10.8 Å². The number of nitrogens with zero attached hydrogens (tertiary/aromatic N) is 2. The monoisotopic (exact) mass is 409 g/mol. The summed E-state index contributed by atoms with van der Waals surface area (Å²) in [6.07, 6.45) is 5.03. The summed E-state index contributed by atoms with van der Waals surface area (Å²) in [5.41, 5.74) is 1.99. The van der Waals surface area contributed by atoms with Crippen molar-refractivity contribution in [2.24, 2.45) is 0 Å². The van der Waals surface area contributed by atoms with E-state index in [1.807, 2.05) is 50.3 Å². The molecule has 2 aromatic rings. The first-order valence-corrected chi connectivity index (χ1v) is 10.1. The van der Waals surface area contributed by atoms with Crippen molar-refractivity contribution in [3.05, 3.63) is 75.7 Å². The number of allylic oxidation sites excluding steroid dienone is 2. The molecule has 0 saturated heterocycles. The van der Waals surface area contributed by atoms with Crippen molar-refractivity contribution in [3.63, 3.8) is 0 Å². The molecule has 0 fully saturated rings. The van der Waals surface area contributed by atoms with Crippen molar-refractivity contribution >= 4 is 17.4 Å². The average Bonchev–Trinajstić information content (AvgIpc) is 3.20. The maximum atomic E-state index is 12.8. The Morgan fingerprint density at radius 1 is 1.37 bits per heavy atom. The van der Waals surface area contributed by atoms with Gasteiger partial charge in [-0.05, 0) is 38.3 Å². The Labute approximate surface area is 175 Å². The maximum Gasteiger partial charge on any atom is 0.326 e. The van der Waals surface area contributed by atoms with Gasteiger partial charge in [0.05, 0.1) is 12.7 Å². The highest BCUT2D eigenvalue weighted by Crippen LogP contribution is 2.25. The Morgan fingerprint density at radius 2 is 2.10 bits per heavy atom. The second-order valence-corrected chi connectivity index (χ2v) is 7.20. The van der Waals surface area contributed by atoms with Crippen LogP contribution in [0.1, 0.15) is 51.0 Å². The number of fused-ring (bicyclic) bond motifs is 1. The van der Waals surface area contributed by atoms with Crippen LogP contribution in [-0.2, 0) is 16.0 Å². The SMILES string of the molecule is C/C=C(/CNc1cnc2n(c1=O)C(C(=O)O)CC2)OC(=C(C)CC)c1ccccc1. The summed E-state index contributed by atoms with van der Waals surface area (Å²) in [7, 11) is 0. The number of carboxylic acids is 1. The van der Waals surface area contributed by atoms with Gasteiger partial charge in [-0.15, -0.1) is 0 Å². The van der Waals surface area contributed by atoms with Crippen molar-refractivity contribution < 1.29 is 14.6 Å². The van der Waals surface area contributed by atoms with E-state index in [1.54, 1.807) is 0 Å². The second kappa shape index (κ2) is 9.43. The van der Waals surface area contributed by atoms with Crippen LogP contribution in [0.3, 0.4) is 0 Å². The van der Waals surface area contributed by atoms with E-state index >= 15 is 0 Å². The number of aryl methyl sites for hydroxylation is 1. The highest BCUT2D eigenvalue weighted by Gasteiger charge is 2.30. The van der Waals surface area contributed by atoms with Gasteiger partial charge in [0.15, 0.2) is 0 Å². The summed E-state index contributed by atoms with van der Waals surface area (Å²) in [5, 5.41) is 12.4. The van der Waals surface area contributed by atoms with Gasteiger partial charge in [0.2, 0.25) is 0 Å². The Hall–Kier alpha value is -3.35. The zero-order chi connectivity index (χ0) is 21.7. The van der Waals surface area contributed by atoms with Crippen LogP contribution in [0, 0.1) is 0 Å². The van der Waals surface area contributed by atoms with Crippen molar-refractivity contribution in [3.8, 4) is 0 Å². The van der Waals surface area contributed by atoms with E-state index in [0.717, 1.165) is 23.3 Å². The van der Waals surface area contributed by atoms with Gasteiger partial charge >= 0.3 is 5.97 Å². The quantitative estimate of drug-likeness (QED) is 0.641. The lowest BCUT2D eigenvalue weighted by molar-refractivity contribution is -0.140. The average molecular weight is 409 g/mol. The van der Waals surface area contributed by atoms with Crippen LogP contribution in [0.2, 0.25) is 0 Å². The van der Waals surface area contributed by atoms with Crippen molar-refractivity contribution in [2.45, 2.75) is 46.1 Å². The Kier molecular flexibility index (Phi) is 6.72. The summed E-state index contributed by atoms with van der Waals surface area (Å²) in [6, 6.07) is 9.02. The number of carboxylic acid groups (broad SMARTS) is 1. The number of hydrogen-bond acceptors (Lipinski definition) is 5. The first-order valence-electron chi connectivity index (χ1n) is 10.1. The summed E-state index contributed by atoms with van der Waals surface area (Å²) < 4.78 is 7.48. The lowest BCUT2D eigenvalue weighted by Crippen LogP contribution is -2.30. The zero-order valence-electron chi connectivity index (χ0n) is 17.5. The number of nitrogens with one attached hydrogen (secondary N) is 1. The van der Waals surface area contributed by atoms with Gasteiger partial charge in [-0.2, -0.15) is 0 Å². The molecular formula is C23H27N3O4. The van der Waals surface area contributed by atoms with Crippen LogP contribution in [0.4, 0.5) is 5.69 Å². The number of rotatable bonds is 8. The third-order valence-corrected chi connectivity index (χ3v) is 5.27. The molecule has 1 unspecified atom stereocenters. The molecule has 0 aliphatic carbocycles. The predicted octanol–water partition coefficient (Wildman–Crippen LogP) is 3.99. The molecular weight excluding hydrogens is 382 g/mol. The minimum absolute atomic E-state index is 0.257. The summed E-state index contributed by atoms with van der Waals surface area (Å²) in [5.74, 6) is 0.942. The van der Waals surface area contributed by atoms with E-state index in [0.29, 0.717) is 24.4 Å². The molecule has 1 aromatic carbocycles. The summed E-state index contributed by atoms with van der Waals surface area (Å²) in [6.45, 7) is 6.25. The molecule has 3 rings (SSSR count). The third kappa shape index (κ3) is 4.45. The Morgan fingerprint density at radius 3 is 2.73 bits per heavy atom. The lowest BCUT2D eigenvalue weighted by Gasteiger charge is -2.17. The molecule has 7 heteroatoms. The van der Waals surface area contributed by atoms with Gasteiger partial charge in [0, 0.05) is 12.0 Å². The third-order valence-electron chi connectivity index (χ3n) is 5.27.